The molecule has 0 saturated heterocycles. The second kappa shape index (κ2) is 66.3. The summed E-state index contributed by atoms with van der Waals surface area (Å²) in [7, 11) is 0. The van der Waals surface area contributed by atoms with E-state index in [9.17, 15) is 14.4 Å². The first-order chi connectivity index (χ1) is 39.0. The molecule has 0 aromatic heterocycles. The first kappa shape index (κ1) is 74.8. The predicted octanol–water partition coefficient (Wildman–Crippen LogP) is 22.8. The highest BCUT2D eigenvalue weighted by Crippen LogP contribution is 2.16. The normalized spacial score (nSPS) is 12.9. The summed E-state index contributed by atoms with van der Waals surface area (Å²) in [4.78, 5) is 38.4. The summed E-state index contributed by atoms with van der Waals surface area (Å²) in [5.74, 6) is -0.930. The van der Waals surface area contributed by atoms with Gasteiger partial charge in [-0.3, -0.25) is 14.4 Å². The third-order valence-corrected chi connectivity index (χ3v) is 13.9. The van der Waals surface area contributed by atoms with Gasteiger partial charge in [-0.1, -0.05) is 277 Å². The zero-order valence-corrected chi connectivity index (χ0v) is 51.6. The average molecular weight is 1100 g/mol. The topological polar surface area (TPSA) is 78.9 Å². The number of esters is 3. The molecule has 0 aromatic rings. The lowest BCUT2D eigenvalue weighted by atomic mass is 10.0. The van der Waals surface area contributed by atoms with Gasteiger partial charge in [-0.15, -0.1) is 0 Å². The SMILES string of the molecule is CC/C=C\C/C=C\C/C=C\C/C=C\C/C=C\CCCCCC(=O)OC(COC(=O)CCCCCCC/C=C\CCCCCCCC)COC(=O)CCCCCCCCCCCCCCCC/C=C\C/C=C\C/C=C\C/C=C\CC. The van der Waals surface area contributed by atoms with Crippen molar-refractivity contribution in [3.8, 4) is 0 Å². The van der Waals surface area contributed by atoms with E-state index >= 15 is 0 Å². The fraction of sp³-hybridized carbons (Fsp3) is 0.685. The lowest BCUT2D eigenvalue weighted by Crippen LogP contribution is -2.30. The monoisotopic (exact) mass is 1090 g/mol. The van der Waals surface area contributed by atoms with Crippen LogP contribution in [-0.2, 0) is 28.6 Å². The fourth-order valence-electron chi connectivity index (χ4n) is 9.04. The number of carbonyl (C=O) groups excluding carboxylic acids is 3. The van der Waals surface area contributed by atoms with Crippen LogP contribution in [0.3, 0.4) is 0 Å². The molecule has 0 aromatic carbocycles. The van der Waals surface area contributed by atoms with Gasteiger partial charge in [0.2, 0.25) is 0 Å². The largest absolute Gasteiger partial charge is 0.462 e. The van der Waals surface area contributed by atoms with Crippen molar-refractivity contribution in [3.05, 3.63) is 122 Å². The smallest absolute Gasteiger partial charge is 0.306 e. The maximum Gasteiger partial charge on any atom is 0.306 e. The van der Waals surface area contributed by atoms with Gasteiger partial charge >= 0.3 is 17.9 Å². The molecule has 1 atom stereocenters. The molecular weight excluding hydrogens is 973 g/mol. The highest BCUT2D eigenvalue weighted by molar-refractivity contribution is 5.71. The predicted molar refractivity (Wildman–Crippen MR) is 343 cm³/mol. The maximum absolute atomic E-state index is 12.9. The highest BCUT2D eigenvalue weighted by atomic mass is 16.6. The van der Waals surface area contributed by atoms with Crippen molar-refractivity contribution in [2.24, 2.45) is 0 Å². The lowest BCUT2D eigenvalue weighted by Gasteiger charge is -2.18. The molecule has 450 valence electrons. The lowest BCUT2D eigenvalue weighted by molar-refractivity contribution is -0.167. The Hall–Kier alpha value is -4.19. The molecule has 0 heterocycles. The Morgan fingerprint density at radius 2 is 0.494 bits per heavy atom. The van der Waals surface area contributed by atoms with Gasteiger partial charge in [-0.05, 0) is 128 Å². The number of allylic oxidation sites excluding steroid dienone is 20. The van der Waals surface area contributed by atoms with Gasteiger partial charge in [0.05, 0.1) is 0 Å². The van der Waals surface area contributed by atoms with Gasteiger partial charge in [-0.25, -0.2) is 0 Å². The summed E-state index contributed by atoms with van der Waals surface area (Å²) >= 11 is 0. The Kier molecular flexibility index (Phi) is 62.8. The van der Waals surface area contributed by atoms with Gasteiger partial charge in [0.25, 0.3) is 0 Å². The standard InChI is InChI=1S/C73H122O6/c1-4-7-10-13-16-19-22-25-28-30-32-33-34-35-36-37-38-39-41-42-45-48-51-54-57-60-63-66-72(75)78-69-70(68-77-71(74)65-62-59-56-53-50-47-44-27-24-21-18-15-12-9-6-3)79-73(76)67-64-61-58-55-52-49-46-43-40-31-29-26-23-20-17-14-11-8-5-2/h7-8,10-11,16-17,19-20,25-29,32-33,40,43-44,49,52,70H,4-6,9,12-15,18,21-24,30-31,34-39,41-42,45-48,50-51,53-69H2,1-3H3/b10-7-,11-8-,19-16-,20-17-,28-25-,29-26-,33-32-,43-40-,44-27-,52-49-. The molecule has 0 bridgehead atoms. The highest BCUT2D eigenvalue weighted by Gasteiger charge is 2.19. The van der Waals surface area contributed by atoms with Gasteiger partial charge in [0.1, 0.15) is 13.2 Å². The van der Waals surface area contributed by atoms with Crippen LogP contribution in [0.2, 0.25) is 0 Å². The van der Waals surface area contributed by atoms with Crippen molar-refractivity contribution in [1.82, 2.24) is 0 Å². The third kappa shape index (κ3) is 64.5. The van der Waals surface area contributed by atoms with Gasteiger partial charge in [0.15, 0.2) is 6.10 Å². The second-order valence-electron chi connectivity index (χ2n) is 21.6. The van der Waals surface area contributed by atoms with Crippen molar-refractivity contribution < 1.29 is 28.6 Å². The molecule has 0 amide bonds. The molecular formula is C73H122O6. The van der Waals surface area contributed by atoms with E-state index in [0.29, 0.717) is 12.8 Å². The minimum absolute atomic E-state index is 0.0952. The Bertz CT molecular complexity index is 1640. The van der Waals surface area contributed by atoms with Crippen LogP contribution in [0.15, 0.2) is 122 Å². The number of rotatable bonds is 59. The Balaban J connectivity index is 4.37. The molecule has 6 nitrogen and oxygen atoms in total. The Labute approximate surface area is 488 Å². The van der Waals surface area contributed by atoms with Crippen LogP contribution in [-0.4, -0.2) is 37.2 Å². The zero-order valence-electron chi connectivity index (χ0n) is 51.6. The van der Waals surface area contributed by atoms with Crippen molar-refractivity contribution in [2.75, 3.05) is 13.2 Å². The number of carbonyl (C=O) groups is 3. The van der Waals surface area contributed by atoms with Crippen LogP contribution in [0, 0.1) is 0 Å². The van der Waals surface area contributed by atoms with Crippen LogP contribution >= 0.6 is 0 Å². The number of hydrogen-bond acceptors (Lipinski definition) is 6. The molecule has 0 aliphatic heterocycles. The van der Waals surface area contributed by atoms with Crippen LogP contribution in [0.4, 0.5) is 0 Å². The summed E-state index contributed by atoms with van der Waals surface area (Å²) in [6.07, 6.45) is 92.1. The summed E-state index contributed by atoms with van der Waals surface area (Å²) in [5, 5.41) is 0. The van der Waals surface area contributed by atoms with E-state index in [1.807, 2.05) is 0 Å². The van der Waals surface area contributed by atoms with E-state index in [1.54, 1.807) is 0 Å². The average Bonchev–Trinajstić information content (AvgIpc) is 3.45. The van der Waals surface area contributed by atoms with Crippen molar-refractivity contribution in [3.63, 3.8) is 0 Å². The molecule has 0 radical (unpaired) electrons. The minimum atomic E-state index is -0.803. The summed E-state index contributed by atoms with van der Waals surface area (Å²) in [6.45, 7) is 6.39. The Morgan fingerprint density at radius 3 is 0.797 bits per heavy atom. The molecule has 0 N–H and O–H groups in total. The van der Waals surface area contributed by atoms with E-state index < -0.39 is 6.10 Å². The number of unbranched alkanes of at least 4 members (excludes halogenated alkanes) is 28. The van der Waals surface area contributed by atoms with E-state index in [-0.39, 0.29) is 37.5 Å². The summed E-state index contributed by atoms with van der Waals surface area (Å²) in [5.41, 5.74) is 0. The van der Waals surface area contributed by atoms with E-state index in [1.165, 1.54) is 135 Å². The molecule has 79 heavy (non-hydrogen) atoms. The molecule has 0 aliphatic carbocycles. The summed E-state index contributed by atoms with van der Waals surface area (Å²) in [6, 6.07) is 0. The van der Waals surface area contributed by atoms with Crippen LogP contribution in [0.5, 0.6) is 0 Å². The van der Waals surface area contributed by atoms with Crippen LogP contribution < -0.4 is 0 Å². The van der Waals surface area contributed by atoms with Gasteiger partial charge < -0.3 is 14.2 Å². The maximum atomic E-state index is 12.9. The Morgan fingerprint density at radius 1 is 0.266 bits per heavy atom. The van der Waals surface area contributed by atoms with E-state index in [2.05, 4.69) is 142 Å². The molecule has 0 rings (SSSR count). The molecule has 0 fully saturated rings. The number of ether oxygens (including phenoxy) is 3. The first-order valence-corrected chi connectivity index (χ1v) is 33.0. The second-order valence-corrected chi connectivity index (χ2v) is 21.6. The quantitative estimate of drug-likeness (QED) is 0.0261. The molecule has 0 saturated carbocycles. The fourth-order valence-corrected chi connectivity index (χ4v) is 9.04. The number of hydrogen-bond donors (Lipinski definition) is 0. The molecule has 6 heteroatoms. The van der Waals surface area contributed by atoms with Crippen LogP contribution in [0.1, 0.15) is 303 Å². The van der Waals surface area contributed by atoms with Crippen molar-refractivity contribution in [2.45, 2.75) is 309 Å². The third-order valence-electron chi connectivity index (χ3n) is 13.9. The van der Waals surface area contributed by atoms with E-state index in [0.717, 1.165) is 128 Å². The van der Waals surface area contributed by atoms with Crippen molar-refractivity contribution in [1.29, 1.82) is 0 Å². The van der Waals surface area contributed by atoms with Gasteiger partial charge in [-0.2, -0.15) is 0 Å². The molecule has 0 aliphatic rings. The van der Waals surface area contributed by atoms with Crippen molar-refractivity contribution >= 4 is 17.9 Å². The summed E-state index contributed by atoms with van der Waals surface area (Å²) < 4.78 is 16.9. The van der Waals surface area contributed by atoms with Crippen LogP contribution in [0.25, 0.3) is 0 Å². The minimum Gasteiger partial charge on any atom is -0.462 e. The van der Waals surface area contributed by atoms with Gasteiger partial charge in [0, 0.05) is 19.3 Å². The van der Waals surface area contributed by atoms with E-state index in [4.69, 9.17) is 14.2 Å². The molecule has 1 unspecified atom stereocenters. The molecule has 0 spiro atoms. The zero-order chi connectivity index (χ0) is 57.1. The first-order valence-electron chi connectivity index (χ1n) is 33.0.